The second kappa shape index (κ2) is 3.88. The average Bonchev–Trinajstić information content (AvgIpc) is 2.71. The van der Waals surface area contributed by atoms with Crippen LogP contribution in [0.1, 0.15) is 0 Å². The van der Waals surface area contributed by atoms with Gasteiger partial charge < -0.3 is 4.98 Å². The van der Waals surface area contributed by atoms with E-state index in [1.54, 1.807) is 18.2 Å². The zero-order valence-corrected chi connectivity index (χ0v) is 9.79. The minimum absolute atomic E-state index is 0.157. The Kier molecular flexibility index (Phi) is 2.34. The van der Waals surface area contributed by atoms with E-state index < -0.39 is 5.82 Å². The van der Waals surface area contributed by atoms with Gasteiger partial charge in [-0.05, 0) is 24.4 Å². The molecule has 1 aromatic carbocycles. The fourth-order valence-electron chi connectivity index (χ4n) is 1.71. The third-order valence-electron chi connectivity index (χ3n) is 2.50. The van der Waals surface area contributed by atoms with Crippen molar-refractivity contribution in [3.63, 3.8) is 0 Å². The van der Waals surface area contributed by atoms with Crippen LogP contribution in [0.5, 0.6) is 0 Å². The van der Waals surface area contributed by atoms with Crippen molar-refractivity contribution in [1.29, 1.82) is 0 Å². The van der Waals surface area contributed by atoms with Crippen LogP contribution in [0.2, 0.25) is 0 Å². The zero-order valence-electron chi connectivity index (χ0n) is 8.98. The standard InChI is InChI=1S/C11H7FN4OS/c12-7-4-2-1-3-6(7)10-13-8-5-9(17)15-16(8)11(18)14-10/h1-5H,(H,15,17)(H,13,14,18). The minimum atomic E-state index is -0.405. The first kappa shape index (κ1) is 10.8. The summed E-state index contributed by atoms with van der Waals surface area (Å²) in [4.78, 5) is 18.1. The van der Waals surface area contributed by atoms with Gasteiger partial charge in [-0.2, -0.15) is 0 Å². The molecule has 2 aromatic heterocycles. The predicted octanol–water partition coefficient (Wildman–Crippen LogP) is 1.89. The lowest BCUT2D eigenvalue weighted by Gasteiger charge is -2.03. The van der Waals surface area contributed by atoms with Gasteiger partial charge in [-0.25, -0.2) is 13.9 Å². The molecule has 0 radical (unpaired) electrons. The predicted molar refractivity (Wildman–Crippen MR) is 66.4 cm³/mol. The molecule has 0 saturated heterocycles. The number of H-pyrrole nitrogens is 2. The van der Waals surface area contributed by atoms with Gasteiger partial charge in [0, 0.05) is 6.07 Å². The Morgan fingerprint density at radius 2 is 2.11 bits per heavy atom. The molecule has 18 heavy (non-hydrogen) atoms. The molecule has 0 amide bonds. The van der Waals surface area contributed by atoms with Crippen molar-refractivity contribution in [3.05, 3.63) is 51.3 Å². The van der Waals surface area contributed by atoms with Crippen molar-refractivity contribution < 1.29 is 4.39 Å². The average molecular weight is 262 g/mol. The molecule has 90 valence electrons. The molecule has 7 heteroatoms. The van der Waals surface area contributed by atoms with Crippen molar-refractivity contribution >= 4 is 17.9 Å². The van der Waals surface area contributed by atoms with Crippen LogP contribution in [0.15, 0.2) is 35.1 Å². The number of halogens is 1. The fraction of sp³-hybridized carbons (Fsp3) is 0. The topological polar surface area (TPSA) is 65.9 Å². The quantitative estimate of drug-likeness (QED) is 0.658. The zero-order chi connectivity index (χ0) is 12.7. The van der Waals surface area contributed by atoms with Crippen molar-refractivity contribution in [2.75, 3.05) is 0 Å². The molecule has 0 unspecified atom stereocenters. The molecule has 0 bridgehead atoms. The number of aromatic amines is 2. The first-order valence-electron chi connectivity index (χ1n) is 5.12. The number of nitrogens with one attached hydrogen (secondary N) is 2. The lowest BCUT2D eigenvalue weighted by molar-refractivity contribution is 0.629. The third kappa shape index (κ3) is 1.65. The van der Waals surface area contributed by atoms with Crippen LogP contribution in [0.25, 0.3) is 17.0 Å². The third-order valence-corrected chi connectivity index (χ3v) is 2.78. The Bertz CT molecular complexity index is 848. The Morgan fingerprint density at radius 1 is 1.33 bits per heavy atom. The highest BCUT2D eigenvalue weighted by atomic mass is 32.1. The Hall–Kier alpha value is -2.28. The summed E-state index contributed by atoms with van der Waals surface area (Å²) in [6.07, 6.45) is 0. The summed E-state index contributed by atoms with van der Waals surface area (Å²) in [6.45, 7) is 0. The summed E-state index contributed by atoms with van der Waals surface area (Å²) in [6, 6.07) is 7.55. The molecule has 0 aliphatic carbocycles. The molecule has 2 N–H and O–H groups in total. The molecule has 0 aliphatic rings. The summed E-state index contributed by atoms with van der Waals surface area (Å²) in [5, 5.41) is 2.49. The smallest absolute Gasteiger partial charge is 0.266 e. The molecule has 0 fully saturated rings. The molecule has 3 rings (SSSR count). The summed E-state index contributed by atoms with van der Waals surface area (Å²) in [5.41, 5.74) is 0.447. The maximum Gasteiger partial charge on any atom is 0.266 e. The van der Waals surface area contributed by atoms with E-state index in [9.17, 15) is 9.18 Å². The highest BCUT2D eigenvalue weighted by Crippen LogP contribution is 2.18. The first-order chi connectivity index (χ1) is 8.65. The number of fused-ring (bicyclic) bond motifs is 1. The molecular weight excluding hydrogens is 255 g/mol. The molecule has 0 atom stereocenters. The van der Waals surface area contributed by atoms with E-state index in [1.807, 2.05) is 0 Å². The van der Waals surface area contributed by atoms with E-state index in [0.717, 1.165) is 0 Å². The van der Waals surface area contributed by atoms with Gasteiger partial charge in [0.05, 0.1) is 5.56 Å². The highest BCUT2D eigenvalue weighted by molar-refractivity contribution is 7.71. The lowest BCUT2D eigenvalue weighted by Crippen LogP contribution is -2.02. The highest BCUT2D eigenvalue weighted by Gasteiger charge is 2.08. The second-order valence-electron chi connectivity index (χ2n) is 3.69. The summed E-state index contributed by atoms with van der Waals surface area (Å²) < 4.78 is 15.1. The fourth-order valence-corrected chi connectivity index (χ4v) is 1.95. The Labute approximate surface area is 105 Å². The first-order valence-corrected chi connectivity index (χ1v) is 5.53. The van der Waals surface area contributed by atoms with Crippen LogP contribution in [-0.4, -0.2) is 19.6 Å². The van der Waals surface area contributed by atoms with Crippen LogP contribution in [0, 0.1) is 10.6 Å². The van der Waals surface area contributed by atoms with Gasteiger partial charge in [-0.3, -0.25) is 9.89 Å². The Balaban J connectivity index is 2.34. The second-order valence-corrected chi connectivity index (χ2v) is 4.05. The van der Waals surface area contributed by atoms with Crippen molar-refractivity contribution in [3.8, 4) is 11.4 Å². The normalized spacial score (nSPS) is 10.9. The van der Waals surface area contributed by atoms with Gasteiger partial charge in [-0.1, -0.05) is 12.1 Å². The van der Waals surface area contributed by atoms with Crippen LogP contribution < -0.4 is 5.56 Å². The van der Waals surface area contributed by atoms with Crippen LogP contribution in [-0.2, 0) is 0 Å². The number of hydrogen-bond acceptors (Lipinski definition) is 3. The van der Waals surface area contributed by atoms with Gasteiger partial charge in [0.15, 0.2) is 0 Å². The molecule has 0 aliphatic heterocycles. The maximum absolute atomic E-state index is 13.6. The molecular formula is C11H7FN4OS. The molecule has 2 heterocycles. The van der Waals surface area contributed by atoms with Crippen molar-refractivity contribution in [2.24, 2.45) is 0 Å². The summed E-state index contributed by atoms with van der Waals surface area (Å²) in [5.74, 6) is -0.116. The monoisotopic (exact) mass is 262 g/mol. The SMILES string of the molecule is O=c1cc2[nH]c(-c3ccccc3F)nc(=S)n2[nH]1. The molecule has 0 saturated carbocycles. The number of nitrogens with zero attached hydrogens (tertiary/aromatic N) is 2. The van der Waals surface area contributed by atoms with Crippen molar-refractivity contribution in [2.45, 2.75) is 0 Å². The lowest BCUT2D eigenvalue weighted by atomic mass is 10.2. The number of rotatable bonds is 1. The van der Waals surface area contributed by atoms with Gasteiger partial charge in [0.25, 0.3) is 5.56 Å². The largest absolute Gasteiger partial charge is 0.324 e. The van der Waals surface area contributed by atoms with Crippen LogP contribution >= 0.6 is 12.2 Å². The van der Waals surface area contributed by atoms with Gasteiger partial charge in [-0.15, -0.1) is 0 Å². The van der Waals surface area contributed by atoms with E-state index >= 15 is 0 Å². The molecule has 5 nitrogen and oxygen atoms in total. The van der Waals surface area contributed by atoms with Gasteiger partial charge in [0.2, 0.25) is 4.77 Å². The number of hydrogen-bond donors (Lipinski definition) is 2. The number of benzene rings is 1. The van der Waals surface area contributed by atoms with E-state index in [0.29, 0.717) is 11.2 Å². The summed E-state index contributed by atoms with van der Waals surface area (Å²) >= 11 is 5.04. The van der Waals surface area contributed by atoms with Crippen LogP contribution in [0.4, 0.5) is 4.39 Å². The number of aromatic nitrogens is 4. The molecule has 3 aromatic rings. The summed E-state index contributed by atoms with van der Waals surface area (Å²) in [7, 11) is 0. The minimum Gasteiger partial charge on any atom is -0.324 e. The maximum atomic E-state index is 13.6. The van der Waals surface area contributed by atoms with E-state index in [-0.39, 0.29) is 16.2 Å². The van der Waals surface area contributed by atoms with E-state index in [2.05, 4.69) is 15.1 Å². The Morgan fingerprint density at radius 3 is 2.89 bits per heavy atom. The van der Waals surface area contributed by atoms with E-state index in [1.165, 1.54) is 16.6 Å². The van der Waals surface area contributed by atoms with E-state index in [4.69, 9.17) is 12.2 Å². The van der Waals surface area contributed by atoms with Crippen molar-refractivity contribution in [1.82, 2.24) is 19.6 Å². The van der Waals surface area contributed by atoms with Crippen LogP contribution in [0.3, 0.4) is 0 Å². The van der Waals surface area contributed by atoms with Gasteiger partial charge in [0.1, 0.15) is 17.3 Å². The molecule has 0 spiro atoms. The van der Waals surface area contributed by atoms with Gasteiger partial charge >= 0.3 is 0 Å².